The second kappa shape index (κ2) is 3.69. The fraction of sp³-hybridized carbons (Fsp3) is 0.800. The smallest absolute Gasteiger partial charge is 0.229 e. The van der Waals surface area contributed by atoms with E-state index in [-0.39, 0.29) is 17.9 Å². The first-order valence-electron chi connectivity index (χ1n) is 5.29. The van der Waals surface area contributed by atoms with Gasteiger partial charge in [-0.1, -0.05) is 0 Å². The SMILES string of the molecule is NCC(C1CC1)N1C(=O)CCCC1=O. The lowest BCUT2D eigenvalue weighted by molar-refractivity contribution is -0.151. The van der Waals surface area contributed by atoms with Gasteiger partial charge in [0, 0.05) is 19.4 Å². The molecule has 2 aliphatic rings. The van der Waals surface area contributed by atoms with Crippen LogP contribution in [0.1, 0.15) is 32.1 Å². The maximum atomic E-state index is 11.6. The molecule has 4 heteroatoms. The molecule has 1 aliphatic heterocycles. The average molecular weight is 196 g/mol. The third-order valence-corrected chi connectivity index (χ3v) is 3.06. The Balaban J connectivity index is 2.11. The Morgan fingerprint density at radius 2 is 1.86 bits per heavy atom. The molecule has 14 heavy (non-hydrogen) atoms. The molecule has 0 aromatic carbocycles. The van der Waals surface area contributed by atoms with E-state index < -0.39 is 0 Å². The van der Waals surface area contributed by atoms with Crippen LogP contribution in [0.3, 0.4) is 0 Å². The summed E-state index contributed by atoms with van der Waals surface area (Å²) in [5.74, 6) is 0.429. The van der Waals surface area contributed by atoms with E-state index in [0.717, 1.165) is 12.8 Å². The van der Waals surface area contributed by atoms with Crippen molar-refractivity contribution in [2.45, 2.75) is 38.1 Å². The van der Waals surface area contributed by atoms with E-state index >= 15 is 0 Å². The maximum Gasteiger partial charge on any atom is 0.229 e. The minimum atomic E-state index is -0.0244. The first-order chi connectivity index (χ1) is 6.74. The lowest BCUT2D eigenvalue weighted by atomic mass is 10.0. The van der Waals surface area contributed by atoms with Crippen LogP contribution in [0.15, 0.2) is 0 Å². The van der Waals surface area contributed by atoms with Crippen molar-refractivity contribution < 1.29 is 9.59 Å². The van der Waals surface area contributed by atoms with Crippen LogP contribution < -0.4 is 5.73 Å². The fourth-order valence-electron chi connectivity index (χ4n) is 2.13. The summed E-state index contributed by atoms with van der Waals surface area (Å²) in [6, 6.07) is -0.0182. The van der Waals surface area contributed by atoms with Gasteiger partial charge in [0.15, 0.2) is 0 Å². The van der Waals surface area contributed by atoms with Gasteiger partial charge in [-0.25, -0.2) is 0 Å². The molecule has 1 aliphatic carbocycles. The first kappa shape index (κ1) is 9.65. The number of carbonyl (C=O) groups is 2. The minimum absolute atomic E-state index is 0.0182. The van der Waals surface area contributed by atoms with Gasteiger partial charge in [0.25, 0.3) is 0 Å². The number of hydrogen-bond acceptors (Lipinski definition) is 3. The van der Waals surface area contributed by atoms with Crippen molar-refractivity contribution >= 4 is 11.8 Å². The molecule has 1 saturated carbocycles. The molecule has 0 spiro atoms. The zero-order valence-electron chi connectivity index (χ0n) is 8.24. The van der Waals surface area contributed by atoms with Crippen LogP contribution in [0, 0.1) is 5.92 Å². The van der Waals surface area contributed by atoms with Crippen molar-refractivity contribution in [3.05, 3.63) is 0 Å². The lowest BCUT2D eigenvalue weighted by Gasteiger charge is -2.32. The Labute approximate surface area is 83.4 Å². The number of hydrogen-bond donors (Lipinski definition) is 1. The minimum Gasteiger partial charge on any atom is -0.328 e. The van der Waals surface area contributed by atoms with Crippen molar-refractivity contribution in [2.75, 3.05) is 6.54 Å². The third kappa shape index (κ3) is 1.66. The van der Waals surface area contributed by atoms with Gasteiger partial charge >= 0.3 is 0 Å². The maximum absolute atomic E-state index is 11.6. The van der Waals surface area contributed by atoms with Gasteiger partial charge in [0.05, 0.1) is 6.04 Å². The number of nitrogens with zero attached hydrogens (tertiary/aromatic N) is 1. The lowest BCUT2D eigenvalue weighted by Crippen LogP contribution is -2.51. The summed E-state index contributed by atoms with van der Waals surface area (Å²) >= 11 is 0. The van der Waals surface area contributed by atoms with Crippen LogP contribution in [-0.2, 0) is 9.59 Å². The van der Waals surface area contributed by atoms with E-state index in [0.29, 0.717) is 31.7 Å². The van der Waals surface area contributed by atoms with Crippen LogP contribution in [-0.4, -0.2) is 29.3 Å². The topological polar surface area (TPSA) is 63.4 Å². The molecule has 0 radical (unpaired) electrons. The van der Waals surface area contributed by atoms with Gasteiger partial charge in [-0.3, -0.25) is 14.5 Å². The summed E-state index contributed by atoms with van der Waals surface area (Å²) < 4.78 is 0. The summed E-state index contributed by atoms with van der Waals surface area (Å²) in [7, 11) is 0. The average Bonchev–Trinajstić information content (AvgIpc) is 2.95. The third-order valence-electron chi connectivity index (χ3n) is 3.06. The molecule has 0 aromatic rings. The zero-order valence-corrected chi connectivity index (χ0v) is 8.24. The highest BCUT2D eigenvalue weighted by Crippen LogP contribution is 2.36. The standard InChI is InChI=1S/C10H16N2O2/c11-6-8(7-4-5-7)12-9(13)2-1-3-10(12)14/h7-8H,1-6,11H2. The summed E-state index contributed by atoms with van der Waals surface area (Å²) in [4.78, 5) is 24.6. The molecular weight excluding hydrogens is 180 g/mol. The number of piperidine rings is 1. The normalized spacial score (nSPS) is 25.4. The number of amides is 2. The van der Waals surface area contributed by atoms with E-state index in [9.17, 15) is 9.59 Å². The Kier molecular flexibility index (Phi) is 2.54. The Morgan fingerprint density at radius 1 is 1.29 bits per heavy atom. The number of nitrogens with two attached hydrogens (primary N) is 1. The zero-order chi connectivity index (χ0) is 10.1. The highest BCUT2D eigenvalue weighted by molar-refractivity contribution is 5.98. The molecule has 2 fully saturated rings. The molecular formula is C10H16N2O2. The number of carbonyl (C=O) groups excluding carboxylic acids is 2. The van der Waals surface area contributed by atoms with Crippen LogP contribution in [0.2, 0.25) is 0 Å². The molecule has 2 N–H and O–H groups in total. The largest absolute Gasteiger partial charge is 0.328 e. The van der Waals surface area contributed by atoms with Gasteiger partial charge < -0.3 is 5.73 Å². The van der Waals surface area contributed by atoms with Crippen LogP contribution in [0.4, 0.5) is 0 Å². The van der Waals surface area contributed by atoms with Gasteiger partial charge in [-0.2, -0.15) is 0 Å². The van der Waals surface area contributed by atoms with Crippen molar-refractivity contribution in [2.24, 2.45) is 11.7 Å². The van der Waals surface area contributed by atoms with E-state index in [1.165, 1.54) is 4.90 Å². The van der Waals surface area contributed by atoms with Crippen molar-refractivity contribution in [3.8, 4) is 0 Å². The van der Waals surface area contributed by atoms with Gasteiger partial charge in [-0.05, 0) is 25.2 Å². The predicted octanol–water partition coefficient (Wildman–Crippen LogP) is 0.263. The predicted molar refractivity (Wildman–Crippen MR) is 51.3 cm³/mol. The molecule has 1 atom stereocenters. The Morgan fingerprint density at radius 3 is 2.29 bits per heavy atom. The number of imide groups is 1. The molecule has 2 amide bonds. The van der Waals surface area contributed by atoms with Crippen LogP contribution >= 0.6 is 0 Å². The summed E-state index contributed by atoms with van der Waals surface area (Å²) in [6.45, 7) is 0.419. The van der Waals surface area contributed by atoms with Gasteiger partial charge in [-0.15, -0.1) is 0 Å². The van der Waals surface area contributed by atoms with E-state index in [2.05, 4.69) is 0 Å². The van der Waals surface area contributed by atoms with Crippen molar-refractivity contribution in [1.29, 1.82) is 0 Å². The summed E-state index contributed by atoms with van der Waals surface area (Å²) in [5, 5.41) is 0. The fourth-order valence-corrected chi connectivity index (χ4v) is 2.13. The number of rotatable bonds is 3. The monoisotopic (exact) mass is 196 g/mol. The second-order valence-corrected chi connectivity index (χ2v) is 4.15. The van der Waals surface area contributed by atoms with E-state index in [4.69, 9.17) is 5.73 Å². The first-order valence-corrected chi connectivity index (χ1v) is 5.29. The highest BCUT2D eigenvalue weighted by Gasteiger charge is 2.40. The molecule has 0 bridgehead atoms. The Bertz CT molecular complexity index is 245. The summed E-state index contributed by atoms with van der Waals surface area (Å²) in [6.07, 6.45) is 3.94. The Hall–Kier alpha value is -0.900. The van der Waals surface area contributed by atoms with E-state index in [1.807, 2.05) is 0 Å². The molecule has 1 saturated heterocycles. The van der Waals surface area contributed by atoms with Crippen molar-refractivity contribution in [1.82, 2.24) is 4.90 Å². The van der Waals surface area contributed by atoms with E-state index in [1.54, 1.807) is 0 Å². The molecule has 78 valence electrons. The van der Waals surface area contributed by atoms with Gasteiger partial charge in [0.1, 0.15) is 0 Å². The quantitative estimate of drug-likeness (QED) is 0.659. The van der Waals surface area contributed by atoms with Crippen molar-refractivity contribution in [3.63, 3.8) is 0 Å². The highest BCUT2D eigenvalue weighted by atomic mass is 16.2. The van der Waals surface area contributed by atoms with Gasteiger partial charge in [0.2, 0.25) is 11.8 Å². The number of likely N-dealkylation sites (tertiary alicyclic amines) is 1. The van der Waals surface area contributed by atoms with Crippen LogP contribution in [0.5, 0.6) is 0 Å². The molecule has 1 unspecified atom stereocenters. The molecule has 2 rings (SSSR count). The molecule has 4 nitrogen and oxygen atoms in total. The molecule has 0 aromatic heterocycles. The molecule has 1 heterocycles. The van der Waals surface area contributed by atoms with Crippen LogP contribution in [0.25, 0.3) is 0 Å². The second-order valence-electron chi connectivity index (χ2n) is 4.15. The summed E-state index contributed by atoms with van der Waals surface area (Å²) in [5.41, 5.74) is 5.62.